The number of ether oxygens (including phenoxy) is 2. The molecule has 1 N–H and O–H groups in total. The molecule has 1 aromatic carbocycles. The highest BCUT2D eigenvalue weighted by Gasteiger charge is 2.24. The minimum Gasteiger partial charge on any atom is -0.450 e. The first-order valence-electron chi connectivity index (χ1n) is 7.19. The molecule has 0 spiro atoms. The van der Waals surface area contributed by atoms with Crippen LogP contribution in [0.15, 0.2) is 24.3 Å². The number of nitrogens with zero attached hydrogens (tertiary/aromatic N) is 1. The first-order chi connectivity index (χ1) is 10.2. The molecule has 0 bridgehead atoms. The van der Waals surface area contributed by atoms with Crippen LogP contribution in [-0.4, -0.2) is 50.4 Å². The highest BCUT2D eigenvalue weighted by Crippen LogP contribution is 2.27. The molecule has 0 saturated carbocycles. The van der Waals surface area contributed by atoms with Crippen LogP contribution in [0, 0.1) is 0 Å². The van der Waals surface area contributed by atoms with E-state index in [1.807, 2.05) is 24.3 Å². The van der Waals surface area contributed by atoms with Crippen LogP contribution in [0.3, 0.4) is 0 Å². The van der Waals surface area contributed by atoms with Crippen molar-refractivity contribution in [3.63, 3.8) is 0 Å². The molecule has 1 saturated heterocycles. The van der Waals surface area contributed by atoms with E-state index in [1.165, 1.54) is 0 Å². The van der Waals surface area contributed by atoms with Gasteiger partial charge in [0.15, 0.2) is 0 Å². The Morgan fingerprint density at radius 2 is 2.14 bits per heavy atom. The van der Waals surface area contributed by atoms with Crippen molar-refractivity contribution >= 4 is 17.7 Å². The van der Waals surface area contributed by atoms with Crippen LogP contribution >= 0.6 is 11.6 Å². The van der Waals surface area contributed by atoms with Crippen LogP contribution < -0.4 is 5.32 Å². The lowest BCUT2D eigenvalue weighted by molar-refractivity contribution is 0.0161. The average molecular weight is 313 g/mol. The summed E-state index contributed by atoms with van der Waals surface area (Å²) < 4.78 is 10.3. The molecular formula is C15H21ClN2O3. The summed E-state index contributed by atoms with van der Waals surface area (Å²) in [4.78, 5) is 13.8. The molecule has 6 heteroatoms. The summed E-state index contributed by atoms with van der Waals surface area (Å²) in [7, 11) is 0. The molecule has 21 heavy (non-hydrogen) atoms. The number of morpholine rings is 1. The molecule has 1 fully saturated rings. The first-order valence-corrected chi connectivity index (χ1v) is 7.57. The second kappa shape index (κ2) is 8.22. The number of nitrogens with one attached hydrogen (secondary N) is 1. The molecule has 1 unspecified atom stereocenters. The summed E-state index contributed by atoms with van der Waals surface area (Å²) in [5.74, 6) is 0. The molecule has 1 heterocycles. The second-order valence-electron chi connectivity index (χ2n) is 4.79. The number of rotatable bonds is 5. The molecule has 1 aliphatic heterocycles. The molecule has 1 atom stereocenters. The lowest BCUT2D eigenvalue weighted by Crippen LogP contribution is -2.44. The number of halogens is 1. The molecule has 1 aliphatic rings. The third-order valence-corrected chi connectivity index (χ3v) is 3.81. The summed E-state index contributed by atoms with van der Waals surface area (Å²) in [5, 5.41) is 3.51. The zero-order valence-electron chi connectivity index (χ0n) is 12.2. The summed E-state index contributed by atoms with van der Waals surface area (Å²) in [6, 6.07) is 7.75. The zero-order valence-corrected chi connectivity index (χ0v) is 12.9. The Labute approximate surface area is 130 Å². The van der Waals surface area contributed by atoms with Gasteiger partial charge in [0.05, 0.1) is 25.9 Å². The van der Waals surface area contributed by atoms with Crippen LogP contribution in [0.5, 0.6) is 0 Å². The number of carbonyl (C=O) groups excluding carboxylic acids is 1. The van der Waals surface area contributed by atoms with Gasteiger partial charge in [-0.3, -0.25) is 4.90 Å². The maximum atomic E-state index is 11.5. The molecule has 0 aromatic heterocycles. The van der Waals surface area contributed by atoms with Crippen molar-refractivity contribution in [2.24, 2.45) is 0 Å². The van der Waals surface area contributed by atoms with Crippen molar-refractivity contribution in [3.05, 3.63) is 34.9 Å². The van der Waals surface area contributed by atoms with E-state index in [-0.39, 0.29) is 6.04 Å². The number of carbonyl (C=O) groups is 1. The van der Waals surface area contributed by atoms with Crippen LogP contribution in [0.4, 0.5) is 4.79 Å². The van der Waals surface area contributed by atoms with Gasteiger partial charge in [-0.15, -0.1) is 0 Å². The Bertz CT molecular complexity index is 464. The van der Waals surface area contributed by atoms with Gasteiger partial charge in [0.2, 0.25) is 0 Å². The topological polar surface area (TPSA) is 50.8 Å². The molecule has 1 aromatic rings. The predicted octanol–water partition coefficient (Wildman–Crippen LogP) is 2.46. The smallest absolute Gasteiger partial charge is 0.407 e. The highest BCUT2D eigenvalue weighted by atomic mass is 35.5. The predicted molar refractivity (Wildman–Crippen MR) is 81.6 cm³/mol. The van der Waals surface area contributed by atoms with Crippen molar-refractivity contribution in [2.45, 2.75) is 13.0 Å². The minimum atomic E-state index is -0.400. The van der Waals surface area contributed by atoms with Crippen molar-refractivity contribution in [2.75, 3.05) is 39.5 Å². The summed E-state index contributed by atoms with van der Waals surface area (Å²) >= 11 is 6.31. The van der Waals surface area contributed by atoms with Crippen LogP contribution in [0.2, 0.25) is 5.02 Å². The van der Waals surface area contributed by atoms with Gasteiger partial charge in [-0.05, 0) is 18.6 Å². The van der Waals surface area contributed by atoms with Crippen LogP contribution in [0.1, 0.15) is 18.5 Å². The molecule has 5 nitrogen and oxygen atoms in total. The quantitative estimate of drug-likeness (QED) is 0.907. The maximum Gasteiger partial charge on any atom is 0.407 e. The van der Waals surface area contributed by atoms with Gasteiger partial charge in [-0.25, -0.2) is 4.79 Å². The van der Waals surface area contributed by atoms with E-state index in [1.54, 1.807) is 6.92 Å². The van der Waals surface area contributed by atoms with Gasteiger partial charge >= 0.3 is 6.09 Å². The van der Waals surface area contributed by atoms with Crippen molar-refractivity contribution in [1.29, 1.82) is 0 Å². The fraction of sp³-hybridized carbons (Fsp3) is 0.533. The van der Waals surface area contributed by atoms with Crippen LogP contribution in [0.25, 0.3) is 0 Å². The second-order valence-corrected chi connectivity index (χ2v) is 5.19. The van der Waals surface area contributed by atoms with Crippen LogP contribution in [-0.2, 0) is 9.47 Å². The fourth-order valence-electron chi connectivity index (χ4n) is 2.43. The SMILES string of the molecule is CCOC(=O)NCC(c1ccccc1Cl)N1CCOCC1. The minimum absolute atomic E-state index is 0.0204. The normalized spacial score (nSPS) is 17.2. The monoisotopic (exact) mass is 312 g/mol. The number of amides is 1. The Kier molecular flexibility index (Phi) is 6.29. The van der Waals surface area contributed by atoms with E-state index in [2.05, 4.69) is 10.2 Å². The van der Waals surface area contributed by atoms with E-state index in [9.17, 15) is 4.79 Å². The standard InChI is InChI=1S/C15H21ClN2O3/c1-2-21-15(19)17-11-14(18-7-9-20-10-8-18)12-5-3-4-6-13(12)16/h3-6,14H,2,7-11H2,1H3,(H,17,19). The van der Waals surface area contributed by atoms with Crippen molar-refractivity contribution in [3.8, 4) is 0 Å². The Morgan fingerprint density at radius 3 is 2.81 bits per heavy atom. The highest BCUT2D eigenvalue weighted by molar-refractivity contribution is 6.31. The van der Waals surface area contributed by atoms with Gasteiger partial charge in [0.1, 0.15) is 0 Å². The summed E-state index contributed by atoms with van der Waals surface area (Å²) in [6.45, 7) is 5.64. The fourth-order valence-corrected chi connectivity index (χ4v) is 2.69. The molecule has 1 amide bonds. The third kappa shape index (κ3) is 4.59. The first kappa shape index (κ1) is 16.1. The molecule has 0 aliphatic carbocycles. The maximum absolute atomic E-state index is 11.5. The van der Waals surface area contributed by atoms with E-state index in [4.69, 9.17) is 21.1 Å². The van der Waals surface area contributed by atoms with Gasteiger partial charge in [0.25, 0.3) is 0 Å². The molecule has 116 valence electrons. The largest absolute Gasteiger partial charge is 0.450 e. The van der Waals surface area contributed by atoms with Gasteiger partial charge in [0, 0.05) is 24.7 Å². The molecule has 2 rings (SSSR count). The van der Waals surface area contributed by atoms with Gasteiger partial charge in [-0.1, -0.05) is 29.8 Å². The number of alkyl carbamates (subject to hydrolysis) is 1. The lowest BCUT2D eigenvalue weighted by atomic mass is 10.0. The number of benzene rings is 1. The molecular weight excluding hydrogens is 292 g/mol. The third-order valence-electron chi connectivity index (χ3n) is 3.47. The van der Waals surface area contributed by atoms with E-state index < -0.39 is 6.09 Å². The molecule has 0 radical (unpaired) electrons. The summed E-state index contributed by atoms with van der Waals surface area (Å²) in [5.41, 5.74) is 1.01. The number of hydrogen-bond acceptors (Lipinski definition) is 4. The zero-order chi connectivity index (χ0) is 15.1. The lowest BCUT2D eigenvalue weighted by Gasteiger charge is -2.35. The van der Waals surface area contributed by atoms with Crippen molar-refractivity contribution in [1.82, 2.24) is 10.2 Å². The van der Waals surface area contributed by atoms with Crippen molar-refractivity contribution < 1.29 is 14.3 Å². The average Bonchev–Trinajstić information content (AvgIpc) is 2.50. The van der Waals surface area contributed by atoms with E-state index >= 15 is 0 Å². The Hall–Kier alpha value is -1.30. The summed E-state index contributed by atoms with van der Waals surface area (Å²) in [6.07, 6.45) is -0.400. The van der Waals surface area contributed by atoms with Gasteiger partial charge in [-0.2, -0.15) is 0 Å². The number of hydrogen-bond donors (Lipinski definition) is 1. The van der Waals surface area contributed by atoms with E-state index in [0.29, 0.717) is 31.4 Å². The van der Waals surface area contributed by atoms with E-state index in [0.717, 1.165) is 18.7 Å². The Balaban J connectivity index is 2.10. The van der Waals surface area contributed by atoms with Gasteiger partial charge < -0.3 is 14.8 Å². The Morgan fingerprint density at radius 1 is 1.43 bits per heavy atom.